The maximum atomic E-state index is 14.5. The molecule has 2 aliphatic heterocycles. The second-order valence-electron chi connectivity index (χ2n) is 8.48. The number of piperazine rings is 1. The number of ether oxygens (including phenoxy) is 1. The van der Waals surface area contributed by atoms with Gasteiger partial charge in [-0.05, 0) is 30.7 Å². The quantitative estimate of drug-likeness (QED) is 0.489. The van der Waals surface area contributed by atoms with E-state index in [9.17, 15) is 14.6 Å². The number of hydrogen-bond donors (Lipinski definition) is 3. The lowest BCUT2D eigenvalue weighted by Gasteiger charge is -2.42. The van der Waals surface area contributed by atoms with Crippen LogP contribution < -0.4 is 10.2 Å². The van der Waals surface area contributed by atoms with Gasteiger partial charge in [-0.1, -0.05) is 23.4 Å². The molecule has 1 unspecified atom stereocenters. The lowest BCUT2D eigenvalue weighted by molar-refractivity contribution is -0.0661. The molecule has 2 saturated heterocycles. The fourth-order valence-corrected chi connectivity index (χ4v) is 4.29. The number of aromatic nitrogens is 1. The second kappa shape index (κ2) is 9.01. The molecule has 1 atom stereocenters. The summed E-state index contributed by atoms with van der Waals surface area (Å²) in [5.74, 6) is 0.657. The highest BCUT2D eigenvalue weighted by Crippen LogP contribution is 2.39. The number of para-hydroxylation sites is 1. The number of hydrogen-bond acceptors (Lipinski definition) is 8. The molecule has 0 bridgehead atoms. The maximum Gasteiger partial charge on any atom is 0.172 e. The molecular weight excluding hydrogens is 427 g/mol. The van der Waals surface area contributed by atoms with Gasteiger partial charge in [-0.15, -0.1) is 0 Å². The van der Waals surface area contributed by atoms with Gasteiger partial charge in [0.25, 0.3) is 0 Å². The van der Waals surface area contributed by atoms with Gasteiger partial charge < -0.3 is 29.7 Å². The molecule has 174 valence electrons. The second-order valence-corrected chi connectivity index (χ2v) is 8.48. The van der Waals surface area contributed by atoms with Crippen LogP contribution in [-0.2, 0) is 4.74 Å². The highest BCUT2D eigenvalue weighted by molar-refractivity contribution is 5.81. The van der Waals surface area contributed by atoms with Crippen LogP contribution in [0, 0.1) is 5.82 Å². The van der Waals surface area contributed by atoms with Gasteiger partial charge >= 0.3 is 0 Å². The van der Waals surface area contributed by atoms with Gasteiger partial charge in [0.05, 0.1) is 30.5 Å². The summed E-state index contributed by atoms with van der Waals surface area (Å²) in [6.45, 7) is 6.73. The molecule has 3 N–H and O–H groups in total. The largest absolute Gasteiger partial charge is 0.507 e. The Hall–Kier alpha value is -3.14. The minimum atomic E-state index is -0.877. The molecule has 5 rings (SSSR count). The normalized spacial score (nSPS) is 18.2. The smallest absolute Gasteiger partial charge is 0.172 e. The van der Waals surface area contributed by atoms with Crippen molar-refractivity contribution in [2.75, 3.05) is 49.6 Å². The summed E-state index contributed by atoms with van der Waals surface area (Å²) in [6.07, 6.45) is -0.877. The Balaban J connectivity index is 1.34. The van der Waals surface area contributed by atoms with Crippen LogP contribution in [0.3, 0.4) is 0 Å². The SMILES string of the molecule is CC(O)Nc1ccc(-c2cccc(-c3cc(N4CCN(C5COC5)CC4)no3)c2O)cc1F. The monoisotopic (exact) mass is 454 g/mol. The Bertz CT molecular complexity index is 1120. The van der Waals surface area contributed by atoms with E-state index in [0.29, 0.717) is 28.5 Å². The molecule has 0 spiro atoms. The van der Waals surface area contributed by atoms with Crippen molar-refractivity contribution < 1.29 is 23.9 Å². The number of aliphatic hydroxyl groups is 1. The Morgan fingerprint density at radius 2 is 1.85 bits per heavy atom. The molecule has 2 aromatic carbocycles. The van der Waals surface area contributed by atoms with Gasteiger partial charge in [-0.25, -0.2) is 4.39 Å². The first-order chi connectivity index (χ1) is 16.0. The molecule has 0 radical (unpaired) electrons. The zero-order valence-electron chi connectivity index (χ0n) is 18.4. The average Bonchev–Trinajstić information content (AvgIpc) is 3.24. The molecule has 33 heavy (non-hydrogen) atoms. The molecule has 2 fully saturated rings. The number of nitrogens with one attached hydrogen (secondary N) is 1. The number of nitrogens with zero attached hydrogens (tertiary/aromatic N) is 3. The van der Waals surface area contributed by atoms with Crippen molar-refractivity contribution in [3.8, 4) is 28.2 Å². The van der Waals surface area contributed by atoms with E-state index in [1.54, 1.807) is 24.3 Å². The van der Waals surface area contributed by atoms with E-state index in [1.165, 1.54) is 19.1 Å². The van der Waals surface area contributed by atoms with Gasteiger partial charge in [0, 0.05) is 37.8 Å². The van der Waals surface area contributed by atoms with E-state index >= 15 is 0 Å². The van der Waals surface area contributed by atoms with E-state index in [2.05, 4.69) is 20.3 Å². The van der Waals surface area contributed by atoms with E-state index in [1.807, 2.05) is 6.07 Å². The first kappa shape index (κ1) is 21.7. The van der Waals surface area contributed by atoms with Gasteiger partial charge in [0.15, 0.2) is 11.6 Å². The molecule has 3 heterocycles. The lowest BCUT2D eigenvalue weighted by Crippen LogP contribution is -2.56. The summed E-state index contributed by atoms with van der Waals surface area (Å²) < 4.78 is 25.3. The number of rotatable bonds is 6. The fourth-order valence-electron chi connectivity index (χ4n) is 4.29. The number of aromatic hydroxyl groups is 1. The van der Waals surface area contributed by atoms with Crippen LogP contribution in [0.4, 0.5) is 15.9 Å². The molecule has 9 heteroatoms. The molecule has 0 aliphatic carbocycles. The number of benzene rings is 2. The van der Waals surface area contributed by atoms with E-state index in [0.717, 1.165) is 45.2 Å². The Morgan fingerprint density at radius 1 is 1.09 bits per heavy atom. The highest BCUT2D eigenvalue weighted by atomic mass is 19.1. The Morgan fingerprint density at radius 3 is 2.52 bits per heavy atom. The molecule has 0 amide bonds. The standard InChI is InChI=1S/C24H27FN4O4/c1-15(30)26-21-6-5-16(11-20(21)25)18-3-2-4-19(24(18)31)22-12-23(27-33-22)29-9-7-28(8-10-29)17-13-32-14-17/h2-6,11-12,15,17,26,30-31H,7-10,13-14H2,1H3. The zero-order valence-corrected chi connectivity index (χ0v) is 18.4. The number of halogens is 1. The predicted octanol–water partition coefficient (Wildman–Crippen LogP) is 3.12. The number of phenolic OH excluding ortho intramolecular Hbond substituents is 1. The third kappa shape index (κ3) is 4.39. The number of phenols is 1. The fraction of sp³-hybridized carbons (Fsp3) is 0.375. The van der Waals surface area contributed by atoms with E-state index in [-0.39, 0.29) is 11.4 Å². The Kier molecular flexibility index (Phi) is 5.92. The van der Waals surface area contributed by atoms with Crippen LogP contribution in [0.2, 0.25) is 0 Å². The molecule has 8 nitrogen and oxygen atoms in total. The van der Waals surface area contributed by atoms with E-state index in [4.69, 9.17) is 9.26 Å². The molecule has 2 aliphatic rings. The predicted molar refractivity (Wildman–Crippen MR) is 123 cm³/mol. The van der Waals surface area contributed by atoms with Crippen LogP contribution in [0.15, 0.2) is 47.0 Å². The minimum absolute atomic E-state index is 0.00867. The third-order valence-corrected chi connectivity index (χ3v) is 6.22. The molecule has 0 saturated carbocycles. The third-order valence-electron chi connectivity index (χ3n) is 6.22. The average molecular weight is 455 g/mol. The minimum Gasteiger partial charge on any atom is -0.507 e. The summed E-state index contributed by atoms with van der Waals surface area (Å²) in [5, 5.41) is 27.2. The van der Waals surface area contributed by atoms with Gasteiger partial charge in [0.2, 0.25) is 0 Å². The topological polar surface area (TPSA) is 94.2 Å². The lowest BCUT2D eigenvalue weighted by atomic mass is 9.99. The van der Waals surface area contributed by atoms with Crippen LogP contribution in [0.1, 0.15) is 6.92 Å². The van der Waals surface area contributed by atoms with E-state index < -0.39 is 12.0 Å². The molecule has 3 aromatic rings. The number of aliphatic hydroxyl groups excluding tert-OH is 1. The summed E-state index contributed by atoms with van der Waals surface area (Å²) in [7, 11) is 0. The van der Waals surface area contributed by atoms with Crippen molar-refractivity contribution in [3.63, 3.8) is 0 Å². The van der Waals surface area contributed by atoms with Crippen molar-refractivity contribution in [1.82, 2.24) is 10.1 Å². The summed E-state index contributed by atoms with van der Waals surface area (Å²) in [6, 6.07) is 12.1. The first-order valence-corrected chi connectivity index (χ1v) is 11.1. The molecular formula is C24H27FN4O4. The van der Waals surface area contributed by atoms with Crippen LogP contribution in [-0.4, -0.2) is 71.9 Å². The van der Waals surface area contributed by atoms with Crippen LogP contribution in [0.25, 0.3) is 22.5 Å². The maximum absolute atomic E-state index is 14.5. The van der Waals surface area contributed by atoms with Crippen molar-refractivity contribution in [3.05, 3.63) is 48.3 Å². The highest BCUT2D eigenvalue weighted by Gasteiger charge is 2.29. The summed E-state index contributed by atoms with van der Waals surface area (Å²) in [4.78, 5) is 4.62. The first-order valence-electron chi connectivity index (χ1n) is 11.1. The van der Waals surface area contributed by atoms with Gasteiger partial charge in [-0.3, -0.25) is 4.90 Å². The van der Waals surface area contributed by atoms with Crippen molar-refractivity contribution in [2.45, 2.75) is 19.2 Å². The van der Waals surface area contributed by atoms with Crippen molar-refractivity contribution >= 4 is 11.5 Å². The van der Waals surface area contributed by atoms with Gasteiger partial charge in [-0.2, -0.15) is 0 Å². The van der Waals surface area contributed by atoms with Crippen LogP contribution >= 0.6 is 0 Å². The van der Waals surface area contributed by atoms with Gasteiger partial charge in [0.1, 0.15) is 17.8 Å². The number of anilines is 2. The van der Waals surface area contributed by atoms with Crippen LogP contribution in [0.5, 0.6) is 5.75 Å². The summed E-state index contributed by atoms with van der Waals surface area (Å²) in [5.41, 5.74) is 1.67. The zero-order chi connectivity index (χ0) is 22.9. The van der Waals surface area contributed by atoms with Crippen molar-refractivity contribution in [1.29, 1.82) is 0 Å². The Labute approximate surface area is 191 Å². The van der Waals surface area contributed by atoms with Crippen molar-refractivity contribution in [2.24, 2.45) is 0 Å². The summed E-state index contributed by atoms with van der Waals surface area (Å²) >= 11 is 0. The molecule has 1 aromatic heterocycles.